The Hall–Kier alpha value is -2.60. The SMILES string of the molecule is C=C(C)C1CCC2(C)Oc3cc4oc(=O)ccc4c(O)c3C(=O)C12O. The maximum Gasteiger partial charge on any atom is 0.336 e. The van der Waals surface area contributed by atoms with Crippen LogP contribution in [0.3, 0.4) is 0 Å². The number of aliphatic hydroxyl groups is 1. The third-order valence-electron chi connectivity index (χ3n) is 5.59. The van der Waals surface area contributed by atoms with Gasteiger partial charge in [-0.05, 0) is 32.8 Å². The Bertz CT molecular complexity index is 1000. The van der Waals surface area contributed by atoms with Gasteiger partial charge in [0.15, 0.2) is 5.60 Å². The van der Waals surface area contributed by atoms with Gasteiger partial charge in [0, 0.05) is 18.1 Å². The number of ether oxygens (including phenoxy) is 1. The number of rotatable bonds is 1. The number of fused-ring (bicyclic) bond motifs is 3. The molecule has 0 saturated heterocycles. The number of benzene rings is 1. The molecule has 1 aliphatic carbocycles. The molecule has 0 spiro atoms. The molecule has 1 saturated carbocycles. The molecule has 2 aromatic rings. The van der Waals surface area contributed by atoms with Gasteiger partial charge in [-0.1, -0.05) is 12.2 Å². The molecule has 3 atom stereocenters. The Morgan fingerprint density at radius 3 is 2.76 bits per heavy atom. The van der Waals surface area contributed by atoms with Crippen molar-refractivity contribution in [2.24, 2.45) is 5.92 Å². The summed E-state index contributed by atoms with van der Waals surface area (Å²) in [7, 11) is 0. The molecular weight excluding hydrogens is 324 g/mol. The Balaban J connectivity index is 2.02. The zero-order valence-corrected chi connectivity index (χ0v) is 14.0. The summed E-state index contributed by atoms with van der Waals surface area (Å²) in [5, 5.41) is 22.2. The van der Waals surface area contributed by atoms with Crippen molar-refractivity contribution in [3.63, 3.8) is 0 Å². The minimum Gasteiger partial charge on any atom is -0.506 e. The summed E-state index contributed by atoms with van der Waals surface area (Å²) in [6.45, 7) is 7.35. The van der Waals surface area contributed by atoms with E-state index in [2.05, 4.69) is 6.58 Å². The number of Topliss-reactive ketones (excluding diaryl/α,β-unsaturated/α-hetero) is 1. The summed E-state index contributed by atoms with van der Waals surface area (Å²) < 4.78 is 11.1. The summed E-state index contributed by atoms with van der Waals surface area (Å²) in [5.41, 5.74) is -2.78. The van der Waals surface area contributed by atoms with Crippen molar-refractivity contribution in [1.29, 1.82) is 0 Å². The largest absolute Gasteiger partial charge is 0.506 e. The van der Waals surface area contributed by atoms with E-state index in [1.807, 2.05) is 0 Å². The van der Waals surface area contributed by atoms with E-state index in [1.165, 1.54) is 12.1 Å². The molecule has 0 amide bonds. The van der Waals surface area contributed by atoms with Gasteiger partial charge in [-0.15, -0.1) is 0 Å². The third kappa shape index (κ3) is 1.83. The van der Waals surface area contributed by atoms with E-state index in [9.17, 15) is 19.8 Å². The molecule has 2 aliphatic rings. The first-order valence-electron chi connectivity index (χ1n) is 8.10. The average Bonchev–Trinajstić information content (AvgIpc) is 2.80. The van der Waals surface area contributed by atoms with Gasteiger partial charge in [0.25, 0.3) is 0 Å². The van der Waals surface area contributed by atoms with Crippen LogP contribution in [0.15, 0.2) is 39.6 Å². The van der Waals surface area contributed by atoms with Crippen LogP contribution < -0.4 is 10.4 Å². The minimum atomic E-state index is -1.80. The topological polar surface area (TPSA) is 97.0 Å². The predicted molar refractivity (Wildman–Crippen MR) is 90.0 cm³/mol. The van der Waals surface area contributed by atoms with E-state index < -0.39 is 28.5 Å². The van der Waals surface area contributed by atoms with Gasteiger partial charge in [-0.2, -0.15) is 0 Å². The minimum absolute atomic E-state index is 0.0885. The lowest BCUT2D eigenvalue weighted by atomic mass is 9.72. The van der Waals surface area contributed by atoms with E-state index in [0.29, 0.717) is 18.4 Å². The zero-order chi connectivity index (χ0) is 18.1. The number of hydrogen-bond acceptors (Lipinski definition) is 6. The first-order valence-corrected chi connectivity index (χ1v) is 8.10. The molecule has 0 radical (unpaired) electrons. The van der Waals surface area contributed by atoms with E-state index >= 15 is 0 Å². The van der Waals surface area contributed by atoms with Gasteiger partial charge in [-0.25, -0.2) is 4.79 Å². The van der Waals surface area contributed by atoms with Crippen LogP contribution in [0, 0.1) is 5.92 Å². The molecule has 6 nitrogen and oxygen atoms in total. The Kier molecular flexibility index (Phi) is 3.01. The number of aromatic hydroxyl groups is 1. The van der Waals surface area contributed by atoms with E-state index in [-0.39, 0.29) is 28.0 Å². The lowest BCUT2D eigenvalue weighted by molar-refractivity contribution is -0.0990. The van der Waals surface area contributed by atoms with E-state index in [0.717, 1.165) is 6.07 Å². The quantitative estimate of drug-likeness (QED) is 0.611. The normalized spacial score (nSPS) is 30.7. The highest BCUT2D eigenvalue weighted by atomic mass is 16.5. The van der Waals surface area contributed by atoms with E-state index in [1.54, 1.807) is 13.8 Å². The van der Waals surface area contributed by atoms with Crippen LogP contribution in [0.5, 0.6) is 11.5 Å². The highest BCUT2D eigenvalue weighted by Crippen LogP contribution is 2.56. The number of hydrogen-bond donors (Lipinski definition) is 2. The molecule has 6 heteroatoms. The van der Waals surface area contributed by atoms with Crippen LogP contribution in [-0.2, 0) is 0 Å². The first kappa shape index (κ1) is 15.9. The Morgan fingerprint density at radius 1 is 1.36 bits per heavy atom. The molecule has 4 rings (SSSR count). The molecular formula is C19H18O6. The third-order valence-corrected chi connectivity index (χ3v) is 5.59. The fourth-order valence-electron chi connectivity index (χ4n) is 4.23. The first-order chi connectivity index (χ1) is 11.7. The van der Waals surface area contributed by atoms with Gasteiger partial charge in [0.1, 0.15) is 28.2 Å². The molecule has 3 unspecified atom stereocenters. The maximum atomic E-state index is 13.2. The van der Waals surface area contributed by atoms with Gasteiger partial charge in [-0.3, -0.25) is 4.79 Å². The van der Waals surface area contributed by atoms with Gasteiger partial charge >= 0.3 is 5.63 Å². The molecule has 1 aromatic heterocycles. The van der Waals surface area contributed by atoms with Crippen LogP contribution >= 0.6 is 0 Å². The molecule has 0 bridgehead atoms. The van der Waals surface area contributed by atoms with Crippen molar-refractivity contribution in [3.8, 4) is 11.5 Å². The van der Waals surface area contributed by atoms with Gasteiger partial charge < -0.3 is 19.4 Å². The maximum absolute atomic E-state index is 13.2. The second kappa shape index (κ2) is 4.73. The molecule has 130 valence electrons. The summed E-state index contributed by atoms with van der Waals surface area (Å²) in [4.78, 5) is 24.7. The second-order valence-electron chi connectivity index (χ2n) is 7.13. The summed E-state index contributed by atoms with van der Waals surface area (Å²) in [6, 6.07) is 3.96. The van der Waals surface area contributed by atoms with Crippen molar-refractivity contribution >= 4 is 16.8 Å². The average molecular weight is 342 g/mol. The predicted octanol–water partition coefficient (Wildman–Crippen LogP) is 2.55. The highest BCUT2D eigenvalue weighted by Gasteiger charge is 2.66. The highest BCUT2D eigenvalue weighted by molar-refractivity contribution is 6.12. The standard InChI is InChI=1S/C19H18O6/c1-9(2)11-6-7-18(3)19(11,23)17(22)15-13(25-18)8-12-10(16(15)21)4-5-14(20)24-12/h4-5,8,11,21,23H,1,6-7H2,2-3H3. The fraction of sp³-hybridized carbons (Fsp3) is 0.368. The van der Waals surface area contributed by atoms with Crippen LogP contribution in [0.25, 0.3) is 11.0 Å². The van der Waals surface area contributed by atoms with Crippen LogP contribution in [0.1, 0.15) is 37.0 Å². The molecule has 1 aliphatic heterocycles. The summed E-state index contributed by atoms with van der Waals surface area (Å²) in [5.74, 6) is -1.29. The summed E-state index contributed by atoms with van der Waals surface area (Å²) >= 11 is 0. The molecule has 2 N–H and O–H groups in total. The van der Waals surface area contributed by atoms with Crippen LogP contribution in [-0.4, -0.2) is 27.2 Å². The van der Waals surface area contributed by atoms with Crippen molar-refractivity contribution < 1.29 is 24.2 Å². The van der Waals surface area contributed by atoms with Crippen molar-refractivity contribution in [2.75, 3.05) is 0 Å². The Morgan fingerprint density at radius 2 is 2.08 bits per heavy atom. The zero-order valence-electron chi connectivity index (χ0n) is 14.0. The summed E-state index contributed by atoms with van der Waals surface area (Å²) in [6.07, 6.45) is 1.02. The number of carbonyl (C=O) groups excluding carboxylic acids is 1. The van der Waals surface area contributed by atoms with Gasteiger partial charge in [0.2, 0.25) is 5.78 Å². The lowest BCUT2D eigenvalue weighted by Gasteiger charge is -2.45. The number of carbonyl (C=O) groups is 1. The van der Waals surface area contributed by atoms with Crippen molar-refractivity contribution in [2.45, 2.75) is 37.9 Å². The second-order valence-corrected chi connectivity index (χ2v) is 7.13. The number of phenols is 1. The monoisotopic (exact) mass is 342 g/mol. The van der Waals surface area contributed by atoms with Gasteiger partial charge in [0.05, 0.1) is 5.39 Å². The Labute approximate surface area is 143 Å². The van der Waals surface area contributed by atoms with Crippen molar-refractivity contribution in [1.82, 2.24) is 0 Å². The molecule has 2 heterocycles. The smallest absolute Gasteiger partial charge is 0.336 e. The molecule has 1 fully saturated rings. The van der Waals surface area contributed by atoms with E-state index in [4.69, 9.17) is 9.15 Å². The number of ketones is 1. The van der Waals surface area contributed by atoms with Crippen LogP contribution in [0.4, 0.5) is 0 Å². The molecule has 25 heavy (non-hydrogen) atoms. The molecule has 1 aromatic carbocycles. The van der Waals surface area contributed by atoms with Crippen molar-refractivity contribution in [3.05, 3.63) is 46.3 Å². The number of phenolic OH excluding ortho intramolecular Hbond substituents is 1. The fourth-order valence-corrected chi connectivity index (χ4v) is 4.23. The lowest BCUT2D eigenvalue weighted by Crippen LogP contribution is -2.62. The van der Waals surface area contributed by atoms with Crippen LogP contribution in [0.2, 0.25) is 0 Å².